The molecule has 0 saturated carbocycles. The maximum absolute atomic E-state index is 6.30. The monoisotopic (exact) mass is 303 g/mol. The molecule has 2 rings (SSSR count). The van der Waals surface area contributed by atoms with E-state index in [1.165, 1.54) is 16.7 Å². The zero-order valence-electron chi connectivity index (χ0n) is 10.6. The first-order valence-corrected chi connectivity index (χ1v) is 7.08. The van der Waals surface area contributed by atoms with E-state index < -0.39 is 0 Å². The molecule has 0 aromatic heterocycles. The number of rotatable bonds is 4. The van der Waals surface area contributed by atoms with Gasteiger partial charge in [0.1, 0.15) is 0 Å². The summed E-state index contributed by atoms with van der Waals surface area (Å²) in [5.41, 5.74) is 10.1. The van der Waals surface area contributed by atoms with Crippen LogP contribution in [0.15, 0.2) is 53.0 Å². The van der Waals surface area contributed by atoms with Crippen LogP contribution in [0, 0.1) is 0 Å². The summed E-state index contributed by atoms with van der Waals surface area (Å²) in [5, 5.41) is 0. The summed E-state index contributed by atoms with van der Waals surface area (Å²) >= 11 is 3.57. The molecule has 1 nitrogen and oxygen atoms in total. The van der Waals surface area contributed by atoms with Crippen LogP contribution in [-0.4, -0.2) is 0 Å². The van der Waals surface area contributed by atoms with Crippen LogP contribution in [0.25, 0.3) is 0 Å². The standard InChI is InChI=1S/C16H18BrN/c1-2-12-6-5-8-14(10-12)16(18)11-13-7-3-4-9-15(13)17/h3-10,16H,2,11,18H2,1H3. The van der Waals surface area contributed by atoms with Gasteiger partial charge in [0.15, 0.2) is 0 Å². The predicted molar refractivity (Wildman–Crippen MR) is 80.6 cm³/mol. The Labute approximate surface area is 117 Å². The number of hydrogen-bond donors (Lipinski definition) is 1. The Hall–Kier alpha value is -1.12. The molecular formula is C16H18BrN. The first-order valence-electron chi connectivity index (χ1n) is 6.28. The number of halogens is 1. The van der Waals surface area contributed by atoms with Crippen molar-refractivity contribution in [3.63, 3.8) is 0 Å². The van der Waals surface area contributed by atoms with Crippen molar-refractivity contribution in [2.45, 2.75) is 25.8 Å². The Kier molecular flexibility index (Phi) is 4.56. The van der Waals surface area contributed by atoms with Crippen molar-refractivity contribution in [1.82, 2.24) is 0 Å². The molecule has 1 atom stereocenters. The van der Waals surface area contributed by atoms with Gasteiger partial charge in [0.2, 0.25) is 0 Å². The van der Waals surface area contributed by atoms with Crippen LogP contribution in [-0.2, 0) is 12.8 Å². The van der Waals surface area contributed by atoms with E-state index in [2.05, 4.69) is 65.3 Å². The lowest BCUT2D eigenvalue weighted by Crippen LogP contribution is -2.13. The molecule has 0 heterocycles. The molecule has 0 aliphatic rings. The number of aryl methyl sites for hydroxylation is 1. The molecule has 0 bridgehead atoms. The van der Waals surface area contributed by atoms with Crippen molar-refractivity contribution in [3.8, 4) is 0 Å². The first-order chi connectivity index (χ1) is 8.70. The molecule has 2 aromatic carbocycles. The Bertz CT molecular complexity index is 522. The summed E-state index contributed by atoms with van der Waals surface area (Å²) in [6.07, 6.45) is 1.91. The van der Waals surface area contributed by atoms with Gasteiger partial charge in [0, 0.05) is 10.5 Å². The van der Waals surface area contributed by atoms with Gasteiger partial charge in [-0.2, -0.15) is 0 Å². The van der Waals surface area contributed by atoms with Crippen molar-refractivity contribution >= 4 is 15.9 Å². The smallest absolute Gasteiger partial charge is 0.0336 e. The maximum Gasteiger partial charge on any atom is 0.0336 e. The summed E-state index contributed by atoms with van der Waals surface area (Å²) in [4.78, 5) is 0. The Morgan fingerprint density at radius 1 is 1.11 bits per heavy atom. The molecule has 0 fully saturated rings. The fourth-order valence-corrected chi connectivity index (χ4v) is 2.51. The third-order valence-electron chi connectivity index (χ3n) is 3.19. The van der Waals surface area contributed by atoms with Gasteiger partial charge in [-0.15, -0.1) is 0 Å². The number of hydrogen-bond acceptors (Lipinski definition) is 1. The Morgan fingerprint density at radius 3 is 2.61 bits per heavy atom. The Morgan fingerprint density at radius 2 is 1.89 bits per heavy atom. The highest BCUT2D eigenvalue weighted by Crippen LogP contribution is 2.22. The van der Waals surface area contributed by atoms with Crippen LogP contribution in [0.5, 0.6) is 0 Å². The van der Waals surface area contributed by atoms with Crippen molar-refractivity contribution in [2.75, 3.05) is 0 Å². The normalized spacial score (nSPS) is 12.4. The van der Waals surface area contributed by atoms with E-state index in [4.69, 9.17) is 5.73 Å². The van der Waals surface area contributed by atoms with Crippen LogP contribution in [0.1, 0.15) is 29.7 Å². The fraction of sp³-hybridized carbons (Fsp3) is 0.250. The highest BCUT2D eigenvalue weighted by atomic mass is 79.9. The van der Waals surface area contributed by atoms with E-state index in [1.807, 2.05) is 6.07 Å². The molecule has 0 saturated heterocycles. The summed E-state index contributed by atoms with van der Waals surface area (Å²) in [6.45, 7) is 2.17. The fourth-order valence-electron chi connectivity index (χ4n) is 2.06. The third kappa shape index (κ3) is 3.21. The van der Waals surface area contributed by atoms with Crippen LogP contribution in [0.4, 0.5) is 0 Å². The van der Waals surface area contributed by atoms with Gasteiger partial charge in [-0.1, -0.05) is 65.3 Å². The molecule has 1 unspecified atom stereocenters. The van der Waals surface area contributed by atoms with E-state index >= 15 is 0 Å². The van der Waals surface area contributed by atoms with Crippen LogP contribution >= 0.6 is 15.9 Å². The lowest BCUT2D eigenvalue weighted by atomic mass is 9.98. The van der Waals surface area contributed by atoms with Crippen molar-refractivity contribution in [2.24, 2.45) is 5.73 Å². The van der Waals surface area contributed by atoms with Gasteiger partial charge in [-0.3, -0.25) is 0 Å². The summed E-state index contributed by atoms with van der Waals surface area (Å²) < 4.78 is 1.13. The van der Waals surface area contributed by atoms with Crippen molar-refractivity contribution in [3.05, 3.63) is 69.7 Å². The van der Waals surface area contributed by atoms with Crippen molar-refractivity contribution < 1.29 is 0 Å². The lowest BCUT2D eigenvalue weighted by molar-refractivity contribution is 0.718. The van der Waals surface area contributed by atoms with E-state index in [1.54, 1.807) is 0 Å². The number of nitrogens with two attached hydrogens (primary N) is 1. The largest absolute Gasteiger partial charge is 0.324 e. The Balaban J connectivity index is 2.16. The van der Waals surface area contributed by atoms with E-state index in [0.717, 1.165) is 17.3 Å². The second-order valence-electron chi connectivity index (χ2n) is 4.50. The summed E-state index contributed by atoms with van der Waals surface area (Å²) in [5.74, 6) is 0. The van der Waals surface area contributed by atoms with E-state index in [9.17, 15) is 0 Å². The number of benzene rings is 2. The quantitative estimate of drug-likeness (QED) is 0.897. The second-order valence-corrected chi connectivity index (χ2v) is 5.35. The van der Waals surface area contributed by atoms with Gasteiger partial charge < -0.3 is 5.73 Å². The molecule has 18 heavy (non-hydrogen) atoms. The minimum atomic E-state index is 0.0511. The molecule has 0 spiro atoms. The van der Waals surface area contributed by atoms with Gasteiger partial charge in [0.05, 0.1) is 0 Å². The summed E-state index contributed by atoms with van der Waals surface area (Å²) in [7, 11) is 0. The molecule has 94 valence electrons. The SMILES string of the molecule is CCc1cccc(C(N)Cc2ccccc2Br)c1. The average Bonchev–Trinajstić information content (AvgIpc) is 2.41. The zero-order valence-corrected chi connectivity index (χ0v) is 12.2. The van der Waals surface area contributed by atoms with Crippen LogP contribution < -0.4 is 5.73 Å². The minimum absolute atomic E-state index is 0.0511. The topological polar surface area (TPSA) is 26.0 Å². The minimum Gasteiger partial charge on any atom is -0.324 e. The van der Waals surface area contributed by atoms with E-state index in [0.29, 0.717) is 0 Å². The van der Waals surface area contributed by atoms with Crippen molar-refractivity contribution in [1.29, 1.82) is 0 Å². The molecule has 0 aliphatic heterocycles. The van der Waals surface area contributed by atoms with Gasteiger partial charge in [-0.25, -0.2) is 0 Å². The molecular weight excluding hydrogens is 286 g/mol. The van der Waals surface area contributed by atoms with Gasteiger partial charge >= 0.3 is 0 Å². The maximum atomic E-state index is 6.30. The lowest BCUT2D eigenvalue weighted by Gasteiger charge is -2.14. The molecule has 0 aliphatic carbocycles. The molecule has 2 N–H and O–H groups in total. The highest BCUT2D eigenvalue weighted by Gasteiger charge is 2.09. The summed E-state index contributed by atoms with van der Waals surface area (Å²) in [6, 6.07) is 16.9. The predicted octanol–water partition coefficient (Wildman–Crippen LogP) is 4.25. The third-order valence-corrected chi connectivity index (χ3v) is 3.96. The average molecular weight is 304 g/mol. The second kappa shape index (κ2) is 6.17. The molecule has 2 heteroatoms. The zero-order chi connectivity index (χ0) is 13.0. The van der Waals surface area contributed by atoms with Gasteiger partial charge in [0.25, 0.3) is 0 Å². The van der Waals surface area contributed by atoms with Crippen LogP contribution in [0.2, 0.25) is 0 Å². The van der Waals surface area contributed by atoms with Crippen LogP contribution in [0.3, 0.4) is 0 Å². The first kappa shape index (κ1) is 13.3. The van der Waals surface area contributed by atoms with Gasteiger partial charge in [-0.05, 0) is 35.6 Å². The molecule has 0 radical (unpaired) electrons. The highest BCUT2D eigenvalue weighted by molar-refractivity contribution is 9.10. The van der Waals surface area contributed by atoms with E-state index in [-0.39, 0.29) is 6.04 Å². The molecule has 0 amide bonds. The molecule has 2 aromatic rings.